The lowest BCUT2D eigenvalue weighted by atomic mass is 9.70. The molecule has 0 radical (unpaired) electrons. The first-order chi connectivity index (χ1) is 12.6. The molecule has 0 unspecified atom stereocenters. The molecule has 0 bridgehead atoms. The van der Waals surface area contributed by atoms with Gasteiger partial charge in [-0.2, -0.15) is 9.65 Å². The number of nitriles is 1. The van der Waals surface area contributed by atoms with Gasteiger partial charge < -0.3 is 0 Å². The molecular formula is C24H38FN. The molecule has 0 heterocycles. The average molecular weight is 360 g/mol. The van der Waals surface area contributed by atoms with Gasteiger partial charge in [0, 0.05) is 0 Å². The molecule has 0 aliphatic heterocycles. The summed E-state index contributed by atoms with van der Waals surface area (Å²) in [7, 11) is 0. The Hall–Kier alpha value is -1.10. The minimum Gasteiger partial charge on any atom is -0.195 e. The predicted octanol–water partition coefficient (Wildman–Crippen LogP) is 7.89. The summed E-state index contributed by atoms with van der Waals surface area (Å²) in [6.07, 6.45) is 19.7. The van der Waals surface area contributed by atoms with Crippen LogP contribution < -0.4 is 0 Å². The van der Waals surface area contributed by atoms with E-state index < -0.39 is 5.83 Å². The molecule has 1 nitrogen and oxygen atoms in total. The van der Waals surface area contributed by atoms with E-state index in [2.05, 4.69) is 13.5 Å². The van der Waals surface area contributed by atoms with Crippen LogP contribution in [-0.2, 0) is 0 Å². The number of hydrogen-bond donors (Lipinski definition) is 0. The molecule has 0 spiro atoms. The SMILES string of the molecule is C=C(C1CCC(C=C(F)C#N)CC1)C1CCC(CCCCCCC)CC1. The standard InChI is InChI=1S/C24H38FN/c1-3-4-5-6-7-8-20-9-13-22(14-10-20)19(2)23-15-11-21(12-16-23)17-24(25)18-26/h17,20-23H,2-16H2,1H3. The van der Waals surface area contributed by atoms with Gasteiger partial charge in [-0.05, 0) is 81.1 Å². The van der Waals surface area contributed by atoms with Gasteiger partial charge in [0.2, 0.25) is 0 Å². The van der Waals surface area contributed by atoms with Crippen LogP contribution in [0.4, 0.5) is 4.39 Å². The Morgan fingerprint density at radius 2 is 1.54 bits per heavy atom. The minimum atomic E-state index is -0.611. The van der Waals surface area contributed by atoms with Gasteiger partial charge >= 0.3 is 0 Å². The highest BCUT2D eigenvalue weighted by molar-refractivity contribution is 5.15. The van der Waals surface area contributed by atoms with Crippen molar-refractivity contribution in [2.24, 2.45) is 23.7 Å². The van der Waals surface area contributed by atoms with Crippen LogP contribution >= 0.6 is 0 Å². The second kappa shape index (κ2) is 11.6. The van der Waals surface area contributed by atoms with Crippen LogP contribution in [0.3, 0.4) is 0 Å². The van der Waals surface area contributed by atoms with Gasteiger partial charge in [-0.15, -0.1) is 0 Å². The number of rotatable bonds is 9. The van der Waals surface area contributed by atoms with E-state index in [0.29, 0.717) is 5.92 Å². The largest absolute Gasteiger partial charge is 0.196 e. The minimum absolute atomic E-state index is 0.252. The molecular weight excluding hydrogens is 321 g/mol. The van der Waals surface area contributed by atoms with Crippen molar-refractivity contribution >= 4 is 0 Å². The number of allylic oxidation sites excluding steroid dienone is 3. The number of nitrogens with zero attached hydrogens (tertiary/aromatic N) is 1. The summed E-state index contributed by atoms with van der Waals surface area (Å²) in [4.78, 5) is 0. The summed E-state index contributed by atoms with van der Waals surface area (Å²) in [5.74, 6) is 1.94. The third-order valence-electron chi connectivity index (χ3n) is 6.87. The number of halogens is 1. The Morgan fingerprint density at radius 1 is 0.962 bits per heavy atom. The zero-order valence-corrected chi connectivity index (χ0v) is 16.8. The first-order valence-corrected chi connectivity index (χ1v) is 11.1. The lowest BCUT2D eigenvalue weighted by Gasteiger charge is -2.35. The third kappa shape index (κ3) is 6.90. The Bertz CT molecular complexity index is 485. The Morgan fingerprint density at radius 3 is 2.12 bits per heavy atom. The van der Waals surface area contributed by atoms with E-state index in [4.69, 9.17) is 5.26 Å². The molecule has 2 heteroatoms. The Kier molecular flexibility index (Phi) is 9.44. The van der Waals surface area contributed by atoms with Gasteiger partial charge in [0.05, 0.1) is 0 Å². The van der Waals surface area contributed by atoms with Crippen molar-refractivity contribution in [3.8, 4) is 6.07 Å². The van der Waals surface area contributed by atoms with Crippen molar-refractivity contribution in [1.82, 2.24) is 0 Å². The fourth-order valence-electron chi connectivity index (χ4n) is 5.09. The molecule has 2 rings (SSSR count). The molecule has 2 fully saturated rings. The van der Waals surface area contributed by atoms with E-state index in [9.17, 15) is 4.39 Å². The van der Waals surface area contributed by atoms with Gasteiger partial charge in [0.25, 0.3) is 0 Å². The molecule has 0 N–H and O–H groups in total. The maximum Gasteiger partial charge on any atom is 0.196 e. The normalized spacial score (nSPS) is 30.0. The summed E-state index contributed by atoms with van der Waals surface area (Å²) in [5, 5.41) is 8.58. The second-order valence-electron chi connectivity index (χ2n) is 8.73. The molecule has 0 amide bonds. The van der Waals surface area contributed by atoms with Crippen molar-refractivity contribution in [2.75, 3.05) is 0 Å². The monoisotopic (exact) mass is 359 g/mol. The smallest absolute Gasteiger partial charge is 0.195 e. The summed E-state index contributed by atoms with van der Waals surface area (Å²) in [6, 6.07) is 1.60. The molecule has 0 aromatic heterocycles. The second-order valence-corrected chi connectivity index (χ2v) is 8.73. The zero-order chi connectivity index (χ0) is 18.8. The first kappa shape index (κ1) is 21.2. The van der Waals surface area contributed by atoms with Crippen LogP contribution in [0.5, 0.6) is 0 Å². The summed E-state index contributed by atoms with van der Waals surface area (Å²) in [5.41, 5.74) is 1.48. The lowest BCUT2D eigenvalue weighted by molar-refractivity contribution is 0.252. The van der Waals surface area contributed by atoms with Gasteiger partial charge in [-0.25, -0.2) is 0 Å². The van der Waals surface area contributed by atoms with E-state index in [0.717, 1.165) is 37.5 Å². The fourth-order valence-corrected chi connectivity index (χ4v) is 5.09. The molecule has 0 saturated heterocycles. The van der Waals surface area contributed by atoms with Gasteiger partial charge in [-0.3, -0.25) is 0 Å². The van der Waals surface area contributed by atoms with Gasteiger partial charge in [-0.1, -0.05) is 57.6 Å². The Balaban J connectivity index is 1.65. The van der Waals surface area contributed by atoms with Crippen LogP contribution in [0.2, 0.25) is 0 Å². The maximum atomic E-state index is 13.1. The Labute approximate surface area is 160 Å². The van der Waals surface area contributed by atoms with Crippen molar-refractivity contribution < 1.29 is 4.39 Å². The molecule has 2 aliphatic rings. The summed E-state index contributed by atoms with van der Waals surface area (Å²) in [6.45, 7) is 6.76. The van der Waals surface area contributed by atoms with Gasteiger partial charge in [0.15, 0.2) is 5.83 Å². The van der Waals surface area contributed by atoms with E-state index >= 15 is 0 Å². The number of unbranched alkanes of at least 4 members (excludes halogenated alkanes) is 4. The van der Waals surface area contributed by atoms with E-state index in [1.807, 2.05) is 0 Å². The fraction of sp³-hybridized carbons (Fsp3) is 0.792. The zero-order valence-electron chi connectivity index (χ0n) is 16.8. The molecule has 0 aromatic rings. The van der Waals surface area contributed by atoms with Gasteiger partial charge in [0.1, 0.15) is 6.07 Å². The highest BCUT2D eigenvalue weighted by atomic mass is 19.1. The summed E-state index contributed by atoms with van der Waals surface area (Å²) >= 11 is 0. The molecule has 0 atom stereocenters. The molecule has 26 heavy (non-hydrogen) atoms. The van der Waals surface area contributed by atoms with Crippen LogP contribution in [0, 0.1) is 35.0 Å². The van der Waals surface area contributed by atoms with E-state index in [1.165, 1.54) is 75.9 Å². The molecule has 146 valence electrons. The first-order valence-electron chi connectivity index (χ1n) is 11.1. The van der Waals surface area contributed by atoms with E-state index in [-0.39, 0.29) is 5.92 Å². The van der Waals surface area contributed by atoms with Crippen LogP contribution in [0.25, 0.3) is 0 Å². The predicted molar refractivity (Wildman–Crippen MR) is 108 cm³/mol. The molecule has 0 aromatic carbocycles. The van der Waals surface area contributed by atoms with Crippen LogP contribution in [0.15, 0.2) is 24.1 Å². The van der Waals surface area contributed by atoms with E-state index in [1.54, 1.807) is 6.07 Å². The highest BCUT2D eigenvalue weighted by Gasteiger charge is 2.29. The van der Waals surface area contributed by atoms with Crippen molar-refractivity contribution in [2.45, 2.75) is 96.8 Å². The lowest BCUT2D eigenvalue weighted by Crippen LogP contribution is -2.22. The summed E-state index contributed by atoms with van der Waals surface area (Å²) < 4.78 is 13.1. The topological polar surface area (TPSA) is 23.8 Å². The van der Waals surface area contributed by atoms with Crippen molar-refractivity contribution in [3.05, 3.63) is 24.1 Å². The van der Waals surface area contributed by atoms with Crippen molar-refractivity contribution in [3.63, 3.8) is 0 Å². The average Bonchev–Trinajstić information content (AvgIpc) is 2.68. The third-order valence-corrected chi connectivity index (χ3v) is 6.87. The molecule has 2 aliphatic carbocycles. The van der Waals surface area contributed by atoms with Crippen LogP contribution in [-0.4, -0.2) is 0 Å². The van der Waals surface area contributed by atoms with Crippen molar-refractivity contribution in [1.29, 1.82) is 5.26 Å². The highest BCUT2D eigenvalue weighted by Crippen LogP contribution is 2.42. The number of hydrogen-bond acceptors (Lipinski definition) is 1. The van der Waals surface area contributed by atoms with Crippen LogP contribution in [0.1, 0.15) is 96.8 Å². The quantitative estimate of drug-likeness (QED) is 0.233. The maximum absolute atomic E-state index is 13.1. The molecule has 2 saturated carbocycles.